The monoisotopic (exact) mass is 402 g/mol. The maximum Gasteiger partial charge on any atom is 0.238 e. The fourth-order valence-electron chi connectivity index (χ4n) is 2.65. The summed E-state index contributed by atoms with van der Waals surface area (Å²) in [5.74, 6) is -0.224. The van der Waals surface area contributed by atoms with Crippen LogP contribution in [0.4, 0.5) is 11.4 Å². The molecule has 0 aliphatic carbocycles. The second-order valence-corrected chi connectivity index (χ2v) is 7.47. The van der Waals surface area contributed by atoms with E-state index in [1.165, 1.54) is 0 Å². The van der Waals surface area contributed by atoms with Crippen LogP contribution in [0.15, 0.2) is 48.5 Å². The minimum atomic E-state index is -0.181. The summed E-state index contributed by atoms with van der Waals surface area (Å²) in [5, 5.41) is 3.40. The number of nitrogens with zero attached hydrogens (tertiary/aromatic N) is 3. The minimum Gasteiger partial charge on any atom is -0.378 e. The highest BCUT2D eigenvalue weighted by molar-refractivity contribution is 6.30. The van der Waals surface area contributed by atoms with Gasteiger partial charge in [-0.25, -0.2) is 0 Å². The average Bonchev–Trinajstić information content (AvgIpc) is 2.63. The Morgan fingerprint density at radius 2 is 1.50 bits per heavy atom. The number of halogens is 1. The fraction of sp³-hybridized carbons (Fsp3) is 0.333. The van der Waals surface area contributed by atoms with Crippen molar-refractivity contribution >= 4 is 34.8 Å². The van der Waals surface area contributed by atoms with Crippen LogP contribution in [0.2, 0.25) is 5.02 Å². The smallest absolute Gasteiger partial charge is 0.238 e. The number of nitrogens with one attached hydrogen (secondary N) is 1. The van der Waals surface area contributed by atoms with Crippen LogP contribution in [-0.4, -0.2) is 62.9 Å². The van der Waals surface area contributed by atoms with Crippen LogP contribution in [-0.2, 0) is 16.1 Å². The van der Waals surface area contributed by atoms with Gasteiger partial charge in [-0.05, 0) is 49.0 Å². The minimum absolute atomic E-state index is 0.0431. The molecule has 150 valence electrons. The third-order valence-electron chi connectivity index (χ3n) is 4.24. The van der Waals surface area contributed by atoms with Crippen molar-refractivity contribution in [3.05, 3.63) is 59.1 Å². The van der Waals surface area contributed by atoms with E-state index in [-0.39, 0.29) is 24.9 Å². The van der Waals surface area contributed by atoms with Crippen molar-refractivity contribution in [2.45, 2.75) is 6.54 Å². The maximum atomic E-state index is 12.4. The fourth-order valence-corrected chi connectivity index (χ4v) is 2.77. The van der Waals surface area contributed by atoms with E-state index in [0.29, 0.717) is 17.3 Å². The first-order chi connectivity index (χ1) is 13.2. The number of hydrogen-bond donors (Lipinski definition) is 1. The second kappa shape index (κ2) is 10.1. The highest BCUT2D eigenvalue weighted by Gasteiger charge is 2.14. The number of likely N-dealkylation sites (N-methyl/N-ethyl adjacent to an activating group) is 2. The molecular formula is C21H27ClN4O2. The zero-order valence-electron chi connectivity index (χ0n) is 16.8. The first-order valence-electron chi connectivity index (χ1n) is 8.99. The Hall–Kier alpha value is -2.57. The third-order valence-corrected chi connectivity index (χ3v) is 4.50. The van der Waals surface area contributed by atoms with Crippen LogP contribution in [0, 0.1) is 0 Å². The maximum absolute atomic E-state index is 12.4. The molecule has 0 bridgehead atoms. The number of anilines is 2. The van der Waals surface area contributed by atoms with E-state index in [0.717, 1.165) is 11.3 Å². The van der Waals surface area contributed by atoms with E-state index in [1.807, 2.05) is 43.3 Å². The molecule has 2 amide bonds. The van der Waals surface area contributed by atoms with Gasteiger partial charge in [0.25, 0.3) is 0 Å². The van der Waals surface area contributed by atoms with Gasteiger partial charge in [0, 0.05) is 44.1 Å². The molecule has 0 saturated heterocycles. The van der Waals surface area contributed by atoms with Gasteiger partial charge in [-0.1, -0.05) is 23.7 Å². The topological polar surface area (TPSA) is 55.9 Å². The molecule has 0 aromatic heterocycles. The predicted octanol–water partition coefficient (Wildman–Crippen LogP) is 2.93. The highest BCUT2D eigenvalue weighted by atomic mass is 35.5. The van der Waals surface area contributed by atoms with Gasteiger partial charge < -0.3 is 15.1 Å². The van der Waals surface area contributed by atoms with Gasteiger partial charge in [-0.3, -0.25) is 14.5 Å². The molecule has 28 heavy (non-hydrogen) atoms. The second-order valence-electron chi connectivity index (χ2n) is 7.04. The van der Waals surface area contributed by atoms with E-state index in [9.17, 15) is 9.59 Å². The highest BCUT2D eigenvalue weighted by Crippen LogP contribution is 2.14. The number of hydrogen-bond acceptors (Lipinski definition) is 4. The number of carbonyl (C=O) groups is 2. The normalized spacial score (nSPS) is 10.6. The van der Waals surface area contributed by atoms with Gasteiger partial charge in [-0.15, -0.1) is 0 Å². The molecule has 0 unspecified atom stereocenters. The summed E-state index contributed by atoms with van der Waals surface area (Å²) < 4.78 is 0. The Morgan fingerprint density at radius 3 is 2.07 bits per heavy atom. The zero-order valence-corrected chi connectivity index (χ0v) is 17.5. The quantitative estimate of drug-likeness (QED) is 0.737. The lowest BCUT2D eigenvalue weighted by Gasteiger charge is -2.22. The predicted molar refractivity (Wildman–Crippen MR) is 115 cm³/mol. The van der Waals surface area contributed by atoms with Gasteiger partial charge in [0.05, 0.1) is 13.1 Å². The van der Waals surface area contributed by atoms with Crippen molar-refractivity contribution in [3.8, 4) is 0 Å². The number of benzene rings is 2. The molecule has 0 heterocycles. The number of rotatable bonds is 8. The van der Waals surface area contributed by atoms with Crippen LogP contribution in [0.1, 0.15) is 5.56 Å². The summed E-state index contributed by atoms with van der Waals surface area (Å²) >= 11 is 5.83. The molecule has 0 spiro atoms. The molecule has 2 rings (SSSR count). The Kier molecular flexibility index (Phi) is 7.84. The van der Waals surface area contributed by atoms with Crippen LogP contribution >= 0.6 is 11.6 Å². The Labute approximate surface area is 171 Å². The summed E-state index contributed by atoms with van der Waals surface area (Å²) in [6.45, 7) is 0.817. The lowest BCUT2D eigenvalue weighted by molar-refractivity contribution is -0.131. The van der Waals surface area contributed by atoms with Crippen molar-refractivity contribution in [1.29, 1.82) is 0 Å². The molecule has 0 fully saturated rings. The van der Waals surface area contributed by atoms with Crippen molar-refractivity contribution in [2.24, 2.45) is 0 Å². The molecule has 0 saturated carbocycles. The third kappa shape index (κ3) is 6.87. The molecule has 2 aromatic carbocycles. The summed E-state index contributed by atoms with van der Waals surface area (Å²) in [4.78, 5) is 30.0. The van der Waals surface area contributed by atoms with Gasteiger partial charge in [0.15, 0.2) is 0 Å². The molecule has 0 aliphatic heterocycles. The Bertz CT molecular complexity index is 791. The number of carbonyl (C=O) groups excluding carboxylic acids is 2. The van der Waals surface area contributed by atoms with Gasteiger partial charge in [0.1, 0.15) is 0 Å². The van der Waals surface area contributed by atoms with Crippen LogP contribution < -0.4 is 10.2 Å². The standard InChI is InChI=1S/C21H27ClN4O2/c1-24(2)19-11-5-16(6-12-19)13-26(4)21(28)15-25(3)14-20(27)23-18-9-7-17(22)8-10-18/h5-12H,13-15H2,1-4H3,(H,23,27). The number of amides is 2. The van der Waals surface area contributed by atoms with Gasteiger partial charge >= 0.3 is 0 Å². The van der Waals surface area contributed by atoms with E-state index in [2.05, 4.69) is 5.32 Å². The van der Waals surface area contributed by atoms with Crippen molar-refractivity contribution in [3.63, 3.8) is 0 Å². The Balaban J connectivity index is 1.80. The van der Waals surface area contributed by atoms with E-state index in [1.54, 1.807) is 48.2 Å². The summed E-state index contributed by atoms with van der Waals surface area (Å²) in [7, 11) is 7.50. The van der Waals surface area contributed by atoms with Crippen molar-refractivity contribution < 1.29 is 9.59 Å². The average molecular weight is 403 g/mol. The van der Waals surface area contributed by atoms with Crippen molar-refractivity contribution in [2.75, 3.05) is 51.5 Å². The largest absolute Gasteiger partial charge is 0.378 e. The molecular weight excluding hydrogens is 376 g/mol. The molecule has 2 aromatic rings. The molecule has 6 nitrogen and oxygen atoms in total. The van der Waals surface area contributed by atoms with Crippen LogP contribution in [0.5, 0.6) is 0 Å². The first-order valence-corrected chi connectivity index (χ1v) is 9.36. The molecule has 0 radical (unpaired) electrons. The molecule has 7 heteroatoms. The van der Waals surface area contributed by atoms with E-state index >= 15 is 0 Å². The van der Waals surface area contributed by atoms with Crippen LogP contribution in [0.25, 0.3) is 0 Å². The van der Waals surface area contributed by atoms with E-state index < -0.39 is 0 Å². The lowest BCUT2D eigenvalue weighted by Crippen LogP contribution is -2.39. The van der Waals surface area contributed by atoms with Crippen molar-refractivity contribution in [1.82, 2.24) is 9.80 Å². The molecule has 0 aliphatic rings. The Morgan fingerprint density at radius 1 is 0.893 bits per heavy atom. The van der Waals surface area contributed by atoms with Gasteiger partial charge in [0.2, 0.25) is 11.8 Å². The van der Waals surface area contributed by atoms with E-state index in [4.69, 9.17) is 11.6 Å². The molecule has 0 atom stereocenters. The summed E-state index contributed by atoms with van der Waals surface area (Å²) in [6.07, 6.45) is 0. The lowest BCUT2D eigenvalue weighted by atomic mass is 10.2. The summed E-state index contributed by atoms with van der Waals surface area (Å²) in [5.41, 5.74) is 2.85. The first kappa shape index (κ1) is 21.7. The summed E-state index contributed by atoms with van der Waals surface area (Å²) in [6, 6.07) is 15.0. The van der Waals surface area contributed by atoms with Gasteiger partial charge in [-0.2, -0.15) is 0 Å². The molecule has 1 N–H and O–H groups in total. The van der Waals surface area contributed by atoms with Crippen LogP contribution in [0.3, 0.4) is 0 Å². The SMILES string of the molecule is CN(CC(=O)Nc1ccc(Cl)cc1)CC(=O)N(C)Cc1ccc(N(C)C)cc1. The zero-order chi connectivity index (χ0) is 20.7.